The molecule has 4 rings (SSSR count). The minimum absolute atomic E-state index is 0.224. The van der Waals surface area contributed by atoms with Crippen LogP contribution < -0.4 is 5.32 Å². The third kappa shape index (κ3) is 3.54. The number of aromatic nitrogens is 5. The van der Waals surface area contributed by atoms with Crippen molar-refractivity contribution < 1.29 is 4.79 Å². The topological polar surface area (TPSA) is 88.5 Å². The molecule has 2 N–H and O–H groups in total. The molecule has 7 nitrogen and oxygen atoms in total. The zero-order chi connectivity index (χ0) is 18.0. The molecule has 3 heterocycles. The van der Waals surface area contributed by atoms with E-state index in [0.29, 0.717) is 16.8 Å². The molecule has 0 saturated heterocycles. The van der Waals surface area contributed by atoms with Crippen molar-refractivity contribution in [3.8, 4) is 10.6 Å². The number of carbonyl (C=O) groups excluding carboxylic acids is 1. The van der Waals surface area contributed by atoms with E-state index in [-0.39, 0.29) is 5.91 Å². The average Bonchev–Trinajstić information content (AvgIpc) is 3.34. The van der Waals surface area contributed by atoms with Gasteiger partial charge in [-0.2, -0.15) is 22.0 Å². The highest BCUT2D eigenvalue weighted by molar-refractivity contribution is 7.98. The Morgan fingerprint density at radius 1 is 1.46 bits per heavy atom. The minimum Gasteiger partial charge on any atom is -0.318 e. The lowest BCUT2D eigenvalue weighted by molar-refractivity contribution is 0.102. The largest absolute Gasteiger partial charge is 0.318 e. The van der Waals surface area contributed by atoms with E-state index in [9.17, 15) is 4.79 Å². The normalized spacial score (nSPS) is 15.6. The Balaban J connectivity index is 1.40. The molecule has 1 amide bonds. The van der Waals surface area contributed by atoms with Crippen LogP contribution in [0.1, 0.15) is 29.8 Å². The molecule has 1 saturated carbocycles. The Morgan fingerprint density at radius 3 is 3.04 bits per heavy atom. The van der Waals surface area contributed by atoms with E-state index in [0.717, 1.165) is 22.9 Å². The molecule has 0 aromatic carbocycles. The first-order chi connectivity index (χ1) is 12.7. The van der Waals surface area contributed by atoms with Crippen LogP contribution in [-0.2, 0) is 6.54 Å². The number of H-pyrrole nitrogens is 1. The highest BCUT2D eigenvalue weighted by Gasteiger charge is 2.37. The molecule has 136 valence electrons. The van der Waals surface area contributed by atoms with Crippen LogP contribution in [0.4, 0.5) is 5.69 Å². The molecule has 1 aliphatic carbocycles. The minimum atomic E-state index is -0.224. The van der Waals surface area contributed by atoms with Gasteiger partial charge in [-0.1, -0.05) is 6.42 Å². The van der Waals surface area contributed by atoms with Gasteiger partial charge < -0.3 is 5.32 Å². The summed E-state index contributed by atoms with van der Waals surface area (Å²) in [7, 11) is 0. The first-order valence-electron chi connectivity index (χ1n) is 8.45. The van der Waals surface area contributed by atoms with Gasteiger partial charge in [0.25, 0.3) is 5.91 Å². The number of rotatable bonds is 7. The van der Waals surface area contributed by atoms with Crippen molar-refractivity contribution in [3.05, 3.63) is 35.9 Å². The second-order valence-electron chi connectivity index (χ2n) is 6.69. The molecule has 0 atom stereocenters. The highest BCUT2D eigenvalue weighted by Crippen LogP contribution is 2.44. The van der Waals surface area contributed by atoms with Gasteiger partial charge in [0.1, 0.15) is 10.7 Å². The summed E-state index contributed by atoms with van der Waals surface area (Å²) in [6, 6.07) is 0. The molecule has 9 heteroatoms. The van der Waals surface area contributed by atoms with Crippen molar-refractivity contribution >= 4 is 34.7 Å². The first kappa shape index (κ1) is 17.3. The number of thiazole rings is 1. The number of nitrogens with zero attached hydrogens (tertiary/aromatic N) is 4. The van der Waals surface area contributed by atoms with Crippen molar-refractivity contribution in [1.82, 2.24) is 25.0 Å². The van der Waals surface area contributed by atoms with E-state index in [1.165, 1.54) is 30.6 Å². The lowest BCUT2D eigenvalue weighted by Crippen LogP contribution is -2.36. The molecule has 3 aromatic heterocycles. The third-order valence-corrected chi connectivity index (χ3v) is 6.53. The molecule has 26 heavy (non-hydrogen) atoms. The Morgan fingerprint density at radius 2 is 2.35 bits per heavy atom. The number of amides is 1. The van der Waals surface area contributed by atoms with Crippen LogP contribution in [0.3, 0.4) is 0 Å². The first-order valence-corrected chi connectivity index (χ1v) is 10.7. The molecule has 0 aliphatic heterocycles. The summed E-state index contributed by atoms with van der Waals surface area (Å²) >= 11 is 3.32. The Bertz CT molecular complexity index is 881. The number of thioether (sulfide) groups is 1. The molecular weight excluding hydrogens is 368 g/mol. The van der Waals surface area contributed by atoms with Crippen LogP contribution in [0, 0.1) is 5.41 Å². The van der Waals surface area contributed by atoms with Crippen molar-refractivity contribution in [2.45, 2.75) is 25.8 Å². The zero-order valence-corrected chi connectivity index (χ0v) is 16.1. The number of hydrogen-bond acceptors (Lipinski definition) is 6. The number of nitrogens with one attached hydrogen (secondary N) is 2. The fourth-order valence-corrected chi connectivity index (χ4v) is 5.04. The van der Waals surface area contributed by atoms with Crippen LogP contribution in [-0.4, -0.2) is 42.9 Å². The van der Waals surface area contributed by atoms with Crippen molar-refractivity contribution in [1.29, 1.82) is 0 Å². The van der Waals surface area contributed by atoms with E-state index >= 15 is 0 Å². The summed E-state index contributed by atoms with van der Waals surface area (Å²) in [5.41, 5.74) is 2.34. The quantitative estimate of drug-likeness (QED) is 0.646. The average molecular weight is 389 g/mol. The summed E-state index contributed by atoms with van der Waals surface area (Å²) in [4.78, 5) is 16.8. The molecule has 3 aromatic rings. The second-order valence-corrected chi connectivity index (χ2v) is 8.42. The lowest BCUT2D eigenvalue weighted by Gasteiger charge is -2.41. The smallest absolute Gasteiger partial charge is 0.275 e. The molecule has 0 radical (unpaired) electrons. The number of hydrogen-bond donors (Lipinski definition) is 2. The van der Waals surface area contributed by atoms with Gasteiger partial charge in [0.05, 0.1) is 18.1 Å². The maximum atomic E-state index is 12.4. The van der Waals surface area contributed by atoms with E-state index in [2.05, 4.69) is 31.9 Å². The van der Waals surface area contributed by atoms with Gasteiger partial charge in [-0.15, -0.1) is 11.3 Å². The van der Waals surface area contributed by atoms with Gasteiger partial charge in [0, 0.05) is 35.6 Å². The van der Waals surface area contributed by atoms with Crippen LogP contribution in [0.2, 0.25) is 0 Å². The van der Waals surface area contributed by atoms with E-state index in [4.69, 9.17) is 0 Å². The SMILES string of the molecule is CSCC1(Cn2cc(NC(=O)c3csc(-c4cn[nH]c4)n3)cn2)CCC1. The molecular formula is C17H20N6OS2. The van der Waals surface area contributed by atoms with E-state index in [1.807, 2.05) is 22.6 Å². The predicted octanol–water partition coefficient (Wildman–Crippen LogP) is 3.52. The van der Waals surface area contributed by atoms with Gasteiger partial charge in [0.15, 0.2) is 0 Å². The van der Waals surface area contributed by atoms with Gasteiger partial charge in [-0.25, -0.2) is 4.98 Å². The van der Waals surface area contributed by atoms with Crippen LogP contribution in [0.25, 0.3) is 10.6 Å². The van der Waals surface area contributed by atoms with Crippen LogP contribution in [0.5, 0.6) is 0 Å². The van der Waals surface area contributed by atoms with Crippen LogP contribution in [0.15, 0.2) is 30.2 Å². The van der Waals surface area contributed by atoms with Crippen molar-refractivity contribution in [2.75, 3.05) is 17.3 Å². The van der Waals surface area contributed by atoms with Crippen molar-refractivity contribution in [2.24, 2.45) is 5.41 Å². The maximum Gasteiger partial charge on any atom is 0.275 e. The number of aromatic amines is 1. The van der Waals surface area contributed by atoms with Gasteiger partial charge in [-0.3, -0.25) is 14.6 Å². The monoisotopic (exact) mass is 388 g/mol. The highest BCUT2D eigenvalue weighted by atomic mass is 32.2. The molecule has 1 aliphatic rings. The van der Waals surface area contributed by atoms with Gasteiger partial charge in [-0.05, 0) is 24.5 Å². The summed E-state index contributed by atoms with van der Waals surface area (Å²) in [6.07, 6.45) is 13.0. The third-order valence-electron chi connectivity index (χ3n) is 4.74. The lowest BCUT2D eigenvalue weighted by atomic mass is 9.70. The Hall–Kier alpha value is -2.13. The Kier molecular flexibility index (Phi) is 4.82. The summed E-state index contributed by atoms with van der Waals surface area (Å²) < 4.78 is 1.95. The van der Waals surface area contributed by atoms with Crippen LogP contribution >= 0.6 is 23.1 Å². The predicted molar refractivity (Wildman–Crippen MR) is 105 cm³/mol. The molecule has 0 bridgehead atoms. The molecule has 1 fully saturated rings. The number of anilines is 1. The fraction of sp³-hybridized carbons (Fsp3) is 0.412. The fourth-order valence-electron chi connectivity index (χ4n) is 3.26. The summed E-state index contributed by atoms with van der Waals surface area (Å²) in [6.45, 7) is 0.908. The molecule has 0 unspecified atom stereocenters. The van der Waals surface area contributed by atoms with E-state index < -0.39 is 0 Å². The van der Waals surface area contributed by atoms with E-state index in [1.54, 1.807) is 24.0 Å². The zero-order valence-electron chi connectivity index (χ0n) is 14.4. The second kappa shape index (κ2) is 7.24. The molecule has 0 spiro atoms. The summed E-state index contributed by atoms with van der Waals surface area (Å²) in [5.74, 6) is 0.933. The van der Waals surface area contributed by atoms with Gasteiger partial charge >= 0.3 is 0 Å². The summed E-state index contributed by atoms with van der Waals surface area (Å²) in [5, 5.41) is 16.5. The van der Waals surface area contributed by atoms with Crippen molar-refractivity contribution in [3.63, 3.8) is 0 Å². The Labute approximate surface area is 159 Å². The van der Waals surface area contributed by atoms with Gasteiger partial charge in [0.2, 0.25) is 0 Å². The number of carbonyl (C=O) groups is 1. The maximum absolute atomic E-state index is 12.4. The standard InChI is InChI=1S/C17H20N6OS2/c1-25-11-17(3-2-4-17)10-23-8-13(7-20-23)21-15(24)14-9-26-16(22-14)12-5-18-19-6-12/h5-9H,2-4,10-11H2,1H3,(H,18,19)(H,21,24).